The fraction of sp³-hybridized carbons (Fsp3) is 0.0833. The highest BCUT2D eigenvalue weighted by Gasteiger charge is 2.09. The van der Waals surface area contributed by atoms with Crippen LogP contribution in [0, 0.1) is 0 Å². The molecule has 0 atom stereocenters. The molecule has 1 aromatic heterocycles. The summed E-state index contributed by atoms with van der Waals surface area (Å²) < 4.78 is 5.04. The smallest absolute Gasteiger partial charge is 0.137 e. The highest BCUT2D eigenvalue weighted by molar-refractivity contribution is 6.39. The molecule has 2 nitrogen and oxygen atoms in total. The molecule has 0 unspecified atom stereocenters. The summed E-state index contributed by atoms with van der Waals surface area (Å²) in [6.45, 7) is 0. The maximum Gasteiger partial charge on any atom is 0.137 e. The van der Waals surface area contributed by atoms with Crippen LogP contribution in [-0.4, -0.2) is 12.1 Å². The summed E-state index contributed by atoms with van der Waals surface area (Å²) in [5, 5.41) is 1.18. The van der Waals surface area contributed by atoms with E-state index in [2.05, 4.69) is 4.98 Å². The molecule has 0 saturated carbocycles. The molecule has 0 N–H and O–H groups in total. The van der Waals surface area contributed by atoms with Crippen LogP contribution >= 0.6 is 23.2 Å². The van der Waals surface area contributed by atoms with Crippen LogP contribution in [0.1, 0.15) is 0 Å². The van der Waals surface area contributed by atoms with Crippen LogP contribution < -0.4 is 4.74 Å². The van der Waals surface area contributed by atoms with Crippen molar-refractivity contribution < 1.29 is 4.74 Å². The van der Waals surface area contributed by atoms with E-state index < -0.39 is 0 Å². The van der Waals surface area contributed by atoms with Gasteiger partial charge in [0.2, 0.25) is 0 Å². The van der Waals surface area contributed by atoms with Gasteiger partial charge in [-0.1, -0.05) is 29.3 Å². The highest BCUT2D eigenvalue weighted by atomic mass is 35.5. The second-order valence-corrected chi connectivity index (χ2v) is 3.99. The first kappa shape index (κ1) is 11.2. The Balaban J connectivity index is 2.50. The van der Waals surface area contributed by atoms with E-state index in [-0.39, 0.29) is 0 Å². The van der Waals surface area contributed by atoms with Gasteiger partial charge in [-0.2, -0.15) is 0 Å². The average molecular weight is 254 g/mol. The second kappa shape index (κ2) is 4.73. The SMILES string of the molecule is COc1ccc(-c2c(Cl)cccc2Cl)nc1. The number of rotatable bonds is 2. The van der Waals surface area contributed by atoms with Gasteiger partial charge in [-0.15, -0.1) is 0 Å². The quantitative estimate of drug-likeness (QED) is 0.806. The number of aromatic nitrogens is 1. The van der Waals surface area contributed by atoms with E-state index >= 15 is 0 Å². The summed E-state index contributed by atoms with van der Waals surface area (Å²) in [5.41, 5.74) is 1.48. The van der Waals surface area contributed by atoms with Crippen LogP contribution in [0.2, 0.25) is 10.0 Å². The van der Waals surface area contributed by atoms with Crippen LogP contribution in [0.5, 0.6) is 5.75 Å². The topological polar surface area (TPSA) is 22.1 Å². The molecular weight excluding hydrogens is 245 g/mol. The second-order valence-electron chi connectivity index (χ2n) is 3.18. The maximum absolute atomic E-state index is 6.08. The molecule has 82 valence electrons. The Morgan fingerprint density at radius 2 is 1.75 bits per heavy atom. The van der Waals surface area contributed by atoms with Crippen molar-refractivity contribution in [2.24, 2.45) is 0 Å². The Kier molecular flexibility index (Phi) is 3.32. The molecule has 2 rings (SSSR count). The molecular formula is C12H9Cl2NO. The molecule has 0 spiro atoms. The fourth-order valence-electron chi connectivity index (χ4n) is 1.39. The molecule has 1 heterocycles. The number of hydrogen-bond donors (Lipinski definition) is 0. The molecule has 0 fully saturated rings. The van der Waals surface area contributed by atoms with Crippen molar-refractivity contribution in [2.75, 3.05) is 7.11 Å². The van der Waals surface area contributed by atoms with E-state index in [0.29, 0.717) is 15.8 Å². The predicted octanol–water partition coefficient (Wildman–Crippen LogP) is 4.06. The minimum absolute atomic E-state index is 0.588. The number of nitrogens with zero attached hydrogens (tertiary/aromatic N) is 1. The van der Waals surface area contributed by atoms with Crippen LogP contribution in [-0.2, 0) is 0 Å². The van der Waals surface area contributed by atoms with Crippen molar-refractivity contribution in [1.29, 1.82) is 0 Å². The number of pyridine rings is 1. The van der Waals surface area contributed by atoms with Gasteiger partial charge in [-0.05, 0) is 24.3 Å². The van der Waals surface area contributed by atoms with Crippen molar-refractivity contribution in [1.82, 2.24) is 4.98 Å². The van der Waals surface area contributed by atoms with Crippen molar-refractivity contribution in [3.63, 3.8) is 0 Å². The first-order valence-corrected chi connectivity index (χ1v) is 5.42. The van der Waals surface area contributed by atoms with E-state index in [9.17, 15) is 0 Å². The first-order chi connectivity index (χ1) is 7.72. The zero-order valence-electron chi connectivity index (χ0n) is 8.58. The first-order valence-electron chi connectivity index (χ1n) is 4.67. The summed E-state index contributed by atoms with van der Waals surface area (Å²) in [7, 11) is 1.60. The lowest BCUT2D eigenvalue weighted by Gasteiger charge is -2.06. The highest BCUT2D eigenvalue weighted by Crippen LogP contribution is 2.33. The molecule has 0 bridgehead atoms. The maximum atomic E-state index is 6.08. The summed E-state index contributed by atoms with van der Waals surface area (Å²) in [4.78, 5) is 4.25. The minimum Gasteiger partial charge on any atom is -0.495 e. The third-order valence-electron chi connectivity index (χ3n) is 2.19. The lowest BCUT2D eigenvalue weighted by atomic mass is 10.1. The summed E-state index contributed by atoms with van der Waals surface area (Å²) >= 11 is 12.2. The van der Waals surface area contributed by atoms with E-state index in [0.717, 1.165) is 11.3 Å². The summed E-state index contributed by atoms with van der Waals surface area (Å²) in [6.07, 6.45) is 1.63. The van der Waals surface area contributed by atoms with E-state index in [1.165, 1.54) is 0 Å². The standard InChI is InChI=1S/C12H9Cl2NO/c1-16-8-5-6-11(15-7-8)12-9(13)3-2-4-10(12)14/h2-7H,1H3. The molecule has 1 aromatic carbocycles. The number of benzene rings is 1. The van der Waals surface area contributed by atoms with Gasteiger partial charge >= 0.3 is 0 Å². The van der Waals surface area contributed by atoms with Gasteiger partial charge < -0.3 is 4.74 Å². The molecule has 0 aliphatic heterocycles. The number of methoxy groups -OCH3 is 1. The van der Waals surface area contributed by atoms with Crippen molar-refractivity contribution in [3.05, 3.63) is 46.6 Å². The molecule has 0 radical (unpaired) electrons. The Hall–Kier alpha value is -1.25. The largest absolute Gasteiger partial charge is 0.495 e. The van der Waals surface area contributed by atoms with E-state index in [1.807, 2.05) is 12.1 Å². The van der Waals surface area contributed by atoms with E-state index in [4.69, 9.17) is 27.9 Å². The molecule has 4 heteroatoms. The minimum atomic E-state index is 0.588. The van der Waals surface area contributed by atoms with Crippen LogP contribution in [0.4, 0.5) is 0 Å². The van der Waals surface area contributed by atoms with Gasteiger partial charge in [0.1, 0.15) is 5.75 Å². The number of ether oxygens (including phenoxy) is 1. The molecule has 0 saturated heterocycles. The van der Waals surface area contributed by atoms with Crippen LogP contribution in [0.3, 0.4) is 0 Å². The zero-order valence-corrected chi connectivity index (χ0v) is 10.1. The molecule has 16 heavy (non-hydrogen) atoms. The summed E-state index contributed by atoms with van der Waals surface area (Å²) in [6, 6.07) is 9.02. The monoisotopic (exact) mass is 253 g/mol. The normalized spacial score (nSPS) is 10.2. The fourth-order valence-corrected chi connectivity index (χ4v) is 1.98. The number of hydrogen-bond acceptors (Lipinski definition) is 2. The third-order valence-corrected chi connectivity index (χ3v) is 2.82. The lowest BCUT2D eigenvalue weighted by Crippen LogP contribution is -1.88. The van der Waals surface area contributed by atoms with Gasteiger partial charge in [-0.25, -0.2) is 0 Å². The van der Waals surface area contributed by atoms with Gasteiger partial charge in [0.15, 0.2) is 0 Å². The van der Waals surface area contributed by atoms with E-state index in [1.54, 1.807) is 31.5 Å². The molecule has 0 amide bonds. The molecule has 2 aromatic rings. The summed E-state index contributed by atoms with van der Waals surface area (Å²) in [5.74, 6) is 0.701. The van der Waals surface area contributed by atoms with Gasteiger partial charge in [-0.3, -0.25) is 4.98 Å². The Labute approximate surface area is 104 Å². The number of halogens is 2. The van der Waals surface area contributed by atoms with Crippen LogP contribution in [0.25, 0.3) is 11.3 Å². The molecule has 0 aliphatic carbocycles. The lowest BCUT2D eigenvalue weighted by molar-refractivity contribution is 0.413. The van der Waals surface area contributed by atoms with Gasteiger partial charge in [0.05, 0.1) is 29.0 Å². The van der Waals surface area contributed by atoms with Gasteiger partial charge in [0.25, 0.3) is 0 Å². The van der Waals surface area contributed by atoms with Crippen molar-refractivity contribution in [3.8, 4) is 17.0 Å². The van der Waals surface area contributed by atoms with Crippen LogP contribution in [0.15, 0.2) is 36.5 Å². The van der Waals surface area contributed by atoms with Gasteiger partial charge in [0, 0.05) is 5.56 Å². The third kappa shape index (κ3) is 2.13. The van der Waals surface area contributed by atoms with Crippen molar-refractivity contribution >= 4 is 23.2 Å². The molecule has 0 aliphatic rings. The Bertz CT molecular complexity index is 477. The average Bonchev–Trinajstić information content (AvgIpc) is 2.30. The predicted molar refractivity (Wildman–Crippen MR) is 66.2 cm³/mol. The Morgan fingerprint density at radius 1 is 1.06 bits per heavy atom. The van der Waals surface area contributed by atoms with Crippen molar-refractivity contribution in [2.45, 2.75) is 0 Å². The Morgan fingerprint density at radius 3 is 2.25 bits per heavy atom. The zero-order chi connectivity index (χ0) is 11.5.